The Hall–Kier alpha value is -1.10. The van der Waals surface area contributed by atoms with Gasteiger partial charge >= 0.3 is 0 Å². The quantitative estimate of drug-likeness (QED) is 0.905. The molecule has 20 heavy (non-hydrogen) atoms. The topological polar surface area (TPSA) is 38.3 Å². The van der Waals surface area contributed by atoms with Crippen LogP contribution in [-0.4, -0.2) is 18.6 Å². The summed E-state index contributed by atoms with van der Waals surface area (Å²) in [5, 5.41) is 2.94. The van der Waals surface area contributed by atoms with Crippen LogP contribution in [0.4, 0.5) is 4.39 Å². The highest BCUT2D eigenvalue weighted by Crippen LogP contribution is 2.36. The largest absolute Gasteiger partial charge is 0.481 e. The molecule has 0 spiro atoms. The Morgan fingerprint density at radius 1 is 1.55 bits per heavy atom. The van der Waals surface area contributed by atoms with Crippen molar-refractivity contribution in [2.75, 3.05) is 6.61 Å². The predicted octanol–water partition coefficient (Wildman–Crippen LogP) is 3.66. The van der Waals surface area contributed by atoms with Crippen LogP contribution in [0, 0.1) is 11.2 Å². The molecule has 3 nitrogen and oxygen atoms in total. The van der Waals surface area contributed by atoms with Crippen LogP contribution < -0.4 is 10.1 Å². The molecule has 0 aromatic heterocycles. The van der Waals surface area contributed by atoms with Crippen LogP contribution in [-0.2, 0) is 4.79 Å². The second-order valence-electron chi connectivity index (χ2n) is 6.03. The van der Waals surface area contributed by atoms with Crippen LogP contribution in [0.2, 0.25) is 0 Å². The van der Waals surface area contributed by atoms with Crippen LogP contribution in [0.3, 0.4) is 0 Å². The van der Waals surface area contributed by atoms with E-state index in [1.54, 1.807) is 6.07 Å². The molecule has 1 aliphatic rings. The van der Waals surface area contributed by atoms with E-state index in [1.165, 1.54) is 12.1 Å². The number of carbonyl (C=O) groups excluding carboxylic acids is 1. The van der Waals surface area contributed by atoms with Crippen molar-refractivity contribution in [3.63, 3.8) is 0 Å². The van der Waals surface area contributed by atoms with Gasteiger partial charge in [0.25, 0.3) is 5.91 Å². The second-order valence-corrected chi connectivity index (χ2v) is 6.95. The van der Waals surface area contributed by atoms with E-state index in [0.29, 0.717) is 4.47 Å². The third-order valence-electron chi connectivity index (χ3n) is 3.59. The maximum Gasteiger partial charge on any atom is 0.258 e. The van der Waals surface area contributed by atoms with Crippen molar-refractivity contribution in [3.05, 3.63) is 28.5 Å². The van der Waals surface area contributed by atoms with E-state index in [4.69, 9.17) is 4.74 Å². The minimum atomic E-state index is -0.478. The van der Waals surface area contributed by atoms with Crippen LogP contribution in [0.1, 0.15) is 33.1 Å². The molecule has 1 atom stereocenters. The Kier molecular flexibility index (Phi) is 4.68. The molecule has 1 saturated carbocycles. The summed E-state index contributed by atoms with van der Waals surface area (Å²) >= 11 is 3.17. The van der Waals surface area contributed by atoms with Gasteiger partial charge in [0.1, 0.15) is 0 Å². The molecular formula is C15H19BrFNO2. The number of hydrogen-bond acceptors (Lipinski definition) is 2. The standard InChI is InChI=1S/C15H19BrFNO2/c1-15(2)6-5-11(8-15)18-14(19)9-20-13-4-3-10(16)7-12(13)17/h3-4,7,11H,5-6,8-9H2,1-2H3,(H,18,19). The third-order valence-corrected chi connectivity index (χ3v) is 4.08. The molecule has 1 aromatic rings. The van der Waals surface area contributed by atoms with E-state index in [0.717, 1.165) is 19.3 Å². The van der Waals surface area contributed by atoms with Crippen molar-refractivity contribution in [1.29, 1.82) is 0 Å². The summed E-state index contributed by atoms with van der Waals surface area (Å²) in [6, 6.07) is 4.70. The van der Waals surface area contributed by atoms with Crippen molar-refractivity contribution >= 4 is 21.8 Å². The SMILES string of the molecule is CC1(C)CCC(NC(=O)COc2ccc(Br)cc2F)C1. The number of rotatable bonds is 4. The fourth-order valence-corrected chi connectivity index (χ4v) is 2.90. The Morgan fingerprint density at radius 3 is 2.90 bits per heavy atom. The smallest absolute Gasteiger partial charge is 0.258 e. The molecule has 0 heterocycles. The second kappa shape index (κ2) is 6.12. The monoisotopic (exact) mass is 343 g/mol. The Labute approximate surface area is 127 Å². The van der Waals surface area contributed by atoms with Crippen LogP contribution in [0.15, 0.2) is 22.7 Å². The average molecular weight is 344 g/mol. The lowest BCUT2D eigenvalue weighted by Gasteiger charge is -2.18. The molecule has 1 N–H and O–H groups in total. The van der Waals surface area contributed by atoms with Crippen LogP contribution in [0.25, 0.3) is 0 Å². The highest BCUT2D eigenvalue weighted by Gasteiger charge is 2.31. The number of nitrogens with one attached hydrogen (secondary N) is 1. The molecule has 0 saturated heterocycles. The van der Waals surface area contributed by atoms with E-state index in [1.807, 2.05) is 0 Å². The highest BCUT2D eigenvalue weighted by molar-refractivity contribution is 9.10. The molecule has 1 unspecified atom stereocenters. The fourth-order valence-electron chi connectivity index (χ4n) is 2.56. The molecule has 0 radical (unpaired) electrons. The lowest BCUT2D eigenvalue weighted by Crippen LogP contribution is -2.36. The van der Waals surface area contributed by atoms with E-state index >= 15 is 0 Å². The molecule has 2 rings (SSSR count). The number of amides is 1. The van der Waals surface area contributed by atoms with Gasteiger partial charge in [0.2, 0.25) is 0 Å². The van der Waals surface area contributed by atoms with Gasteiger partial charge in [0.05, 0.1) is 0 Å². The summed E-state index contributed by atoms with van der Waals surface area (Å²) in [5.74, 6) is -0.584. The Balaban J connectivity index is 1.81. The van der Waals surface area contributed by atoms with Gasteiger partial charge in [-0.05, 0) is 42.9 Å². The maximum absolute atomic E-state index is 13.5. The zero-order chi connectivity index (χ0) is 14.8. The van der Waals surface area contributed by atoms with Crippen molar-refractivity contribution < 1.29 is 13.9 Å². The molecule has 1 amide bonds. The summed E-state index contributed by atoms with van der Waals surface area (Å²) in [4.78, 5) is 11.8. The van der Waals surface area contributed by atoms with Crippen molar-refractivity contribution in [3.8, 4) is 5.75 Å². The molecule has 1 fully saturated rings. The van der Waals surface area contributed by atoms with Crippen LogP contribution >= 0.6 is 15.9 Å². The minimum Gasteiger partial charge on any atom is -0.481 e. The average Bonchev–Trinajstić information content (AvgIpc) is 2.67. The third kappa shape index (κ3) is 4.20. The Bertz CT molecular complexity index is 505. The number of carbonyl (C=O) groups is 1. The summed E-state index contributed by atoms with van der Waals surface area (Å²) in [6.45, 7) is 4.25. The van der Waals surface area contributed by atoms with Gasteiger partial charge in [0.15, 0.2) is 18.2 Å². The lowest BCUT2D eigenvalue weighted by atomic mass is 9.92. The molecule has 1 aliphatic carbocycles. The molecular weight excluding hydrogens is 325 g/mol. The van der Waals surface area contributed by atoms with Gasteiger partial charge < -0.3 is 10.1 Å². The Morgan fingerprint density at radius 2 is 2.30 bits per heavy atom. The number of benzene rings is 1. The van der Waals surface area contributed by atoms with Crippen molar-refractivity contribution in [2.24, 2.45) is 5.41 Å². The fraction of sp³-hybridized carbons (Fsp3) is 0.533. The van der Waals surface area contributed by atoms with Gasteiger partial charge in [-0.25, -0.2) is 4.39 Å². The molecule has 5 heteroatoms. The summed E-state index contributed by atoms with van der Waals surface area (Å²) in [7, 11) is 0. The van der Waals surface area contributed by atoms with Crippen molar-refractivity contribution in [2.45, 2.75) is 39.2 Å². The van der Waals surface area contributed by atoms with E-state index in [-0.39, 0.29) is 29.7 Å². The first-order valence-electron chi connectivity index (χ1n) is 6.73. The van der Waals surface area contributed by atoms with E-state index < -0.39 is 5.82 Å². The zero-order valence-electron chi connectivity index (χ0n) is 11.7. The molecule has 0 bridgehead atoms. The summed E-state index contributed by atoms with van der Waals surface area (Å²) in [6.07, 6.45) is 3.08. The first-order chi connectivity index (χ1) is 9.35. The van der Waals surface area contributed by atoms with Crippen LogP contribution in [0.5, 0.6) is 5.75 Å². The normalized spacial score (nSPS) is 20.7. The maximum atomic E-state index is 13.5. The summed E-state index contributed by atoms with van der Waals surface area (Å²) < 4.78 is 19.4. The first-order valence-corrected chi connectivity index (χ1v) is 7.52. The van der Waals surface area contributed by atoms with Gasteiger partial charge in [-0.15, -0.1) is 0 Å². The van der Waals surface area contributed by atoms with Gasteiger partial charge in [-0.3, -0.25) is 4.79 Å². The van der Waals surface area contributed by atoms with Gasteiger partial charge in [-0.1, -0.05) is 29.8 Å². The predicted molar refractivity (Wildman–Crippen MR) is 79.2 cm³/mol. The van der Waals surface area contributed by atoms with Gasteiger partial charge in [-0.2, -0.15) is 0 Å². The summed E-state index contributed by atoms with van der Waals surface area (Å²) in [5.41, 5.74) is 0.288. The molecule has 110 valence electrons. The minimum absolute atomic E-state index is 0.0927. The number of hydrogen-bond donors (Lipinski definition) is 1. The zero-order valence-corrected chi connectivity index (χ0v) is 13.3. The number of halogens is 2. The van der Waals surface area contributed by atoms with E-state index in [9.17, 15) is 9.18 Å². The number of ether oxygens (including phenoxy) is 1. The van der Waals surface area contributed by atoms with Crippen molar-refractivity contribution in [1.82, 2.24) is 5.32 Å². The van der Waals surface area contributed by atoms with Gasteiger partial charge in [0, 0.05) is 10.5 Å². The van der Waals surface area contributed by atoms with E-state index in [2.05, 4.69) is 35.1 Å². The molecule has 0 aliphatic heterocycles. The first kappa shape index (κ1) is 15.3. The lowest BCUT2D eigenvalue weighted by molar-refractivity contribution is -0.123. The molecule has 1 aromatic carbocycles. The highest BCUT2D eigenvalue weighted by atomic mass is 79.9.